The second-order valence-electron chi connectivity index (χ2n) is 8.64. The predicted molar refractivity (Wildman–Crippen MR) is 121 cm³/mol. The molecule has 3 heterocycles. The first-order valence-electron chi connectivity index (χ1n) is 11.3. The summed E-state index contributed by atoms with van der Waals surface area (Å²) in [6.45, 7) is 5.10. The van der Waals surface area contributed by atoms with Gasteiger partial charge in [0.1, 0.15) is 0 Å². The molecule has 0 saturated carbocycles. The van der Waals surface area contributed by atoms with Crippen molar-refractivity contribution in [1.29, 1.82) is 0 Å². The SMILES string of the molecule is O=C(c1ccc(C(F)(F)F)cc1)N1CCC(C(=O)N2CCN(CCc3cccs3)CC2)CC1. The summed E-state index contributed by atoms with van der Waals surface area (Å²) in [6, 6.07) is 8.53. The number of benzene rings is 1. The zero-order valence-electron chi connectivity index (χ0n) is 18.4. The second-order valence-corrected chi connectivity index (χ2v) is 9.67. The molecule has 2 amide bonds. The van der Waals surface area contributed by atoms with Crippen molar-refractivity contribution in [3.63, 3.8) is 0 Å². The maximum absolute atomic E-state index is 13.0. The number of likely N-dealkylation sites (tertiary alicyclic amines) is 1. The molecule has 2 aliphatic rings. The maximum Gasteiger partial charge on any atom is 0.416 e. The highest BCUT2D eigenvalue weighted by Crippen LogP contribution is 2.29. The van der Waals surface area contributed by atoms with Gasteiger partial charge in [-0.3, -0.25) is 14.5 Å². The first-order chi connectivity index (χ1) is 15.8. The molecule has 1 aromatic carbocycles. The highest BCUT2D eigenvalue weighted by atomic mass is 32.1. The molecule has 0 bridgehead atoms. The Labute approximate surface area is 195 Å². The van der Waals surface area contributed by atoms with E-state index in [0.29, 0.717) is 25.9 Å². The molecular formula is C24H28F3N3O2S. The number of rotatable bonds is 5. The van der Waals surface area contributed by atoms with Crippen molar-refractivity contribution < 1.29 is 22.8 Å². The van der Waals surface area contributed by atoms with Gasteiger partial charge in [-0.25, -0.2) is 0 Å². The minimum Gasteiger partial charge on any atom is -0.340 e. The molecule has 2 aliphatic heterocycles. The Bertz CT molecular complexity index is 931. The van der Waals surface area contributed by atoms with E-state index in [1.807, 2.05) is 4.90 Å². The molecule has 33 heavy (non-hydrogen) atoms. The van der Waals surface area contributed by atoms with Gasteiger partial charge in [-0.1, -0.05) is 6.07 Å². The number of hydrogen-bond acceptors (Lipinski definition) is 4. The Morgan fingerprint density at radius 1 is 0.909 bits per heavy atom. The largest absolute Gasteiger partial charge is 0.416 e. The number of amides is 2. The molecule has 0 spiro atoms. The van der Waals surface area contributed by atoms with Gasteiger partial charge in [0.05, 0.1) is 5.56 Å². The summed E-state index contributed by atoms with van der Waals surface area (Å²) in [5.74, 6) is -0.220. The van der Waals surface area contributed by atoms with Crippen molar-refractivity contribution in [2.45, 2.75) is 25.4 Å². The quantitative estimate of drug-likeness (QED) is 0.651. The molecule has 0 radical (unpaired) electrons. The number of piperidine rings is 1. The highest BCUT2D eigenvalue weighted by molar-refractivity contribution is 7.09. The lowest BCUT2D eigenvalue weighted by Gasteiger charge is -2.38. The molecule has 9 heteroatoms. The van der Waals surface area contributed by atoms with Crippen LogP contribution in [0.25, 0.3) is 0 Å². The summed E-state index contributed by atoms with van der Waals surface area (Å²) >= 11 is 1.77. The van der Waals surface area contributed by atoms with Crippen molar-refractivity contribution in [2.24, 2.45) is 5.92 Å². The molecule has 2 saturated heterocycles. The van der Waals surface area contributed by atoms with E-state index in [9.17, 15) is 22.8 Å². The van der Waals surface area contributed by atoms with Gasteiger partial charge in [0, 0.05) is 62.2 Å². The summed E-state index contributed by atoms with van der Waals surface area (Å²) in [5.41, 5.74) is -0.526. The van der Waals surface area contributed by atoms with Crippen molar-refractivity contribution in [2.75, 3.05) is 45.8 Å². The Hall–Kier alpha value is -2.39. The van der Waals surface area contributed by atoms with Crippen LogP contribution >= 0.6 is 11.3 Å². The van der Waals surface area contributed by atoms with Crippen LogP contribution in [-0.4, -0.2) is 72.3 Å². The minimum absolute atomic E-state index is 0.0978. The maximum atomic E-state index is 13.0. The molecular weight excluding hydrogens is 451 g/mol. The predicted octanol–water partition coefficient (Wildman–Crippen LogP) is 4.01. The first-order valence-corrected chi connectivity index (χ1v) is 12.2. The molecule has 178 valence electrons. The lowest BCUT2D eigenvalue weighted by atomic mass is 9.94. The summed E-state index contributed by atoms with van der Waals surface area (Å²) < 4.78 is 38.2. The number of hydrogen-bond donors (Lipinski definition) is 0. The topological polar surface area (TPSA) is 43.9 Å². The zero-order chi connectivity index (χ0) is 23.4. The molecule has 0 N–H and O–H groups in total. The molecule has 1 aromatic heterocycles. The summed E-state index contributed by atoms with van der Waals surface area (Å²) in [5, 5.41) is 2.09. The van der Waals surface area contributed by atoms with E-state index in [1.165, 1.54) is 17.0 Å². The number of piperazine rings is 1. The van der Waals surface area contributed by atoms with Crippen molar-refractivity contribution in [1.82, 2.24) is 14.7 Å². The molecule has 0 unspecified atom stereocenters. The average molecular weight is 480 g/mol. The van der Waals surface area contributed by atoms with E-state index >= 15 is 0 Å². The van der Waals surface area contributed by atoms with Gasteiger partial charge >= 0.3 is 6.18 Å². The van der Waals surface area contributed by atoms with Crippen molar-refractivity contribution in [3.8, 4) is 0 Å². The Balaban J connectivity index is 1.22. The van der Waals surface area contributed by atoms with Gasteiger partial charge in [-0.15, -0.1) is 11.3 Å². The van der Waals surface area contributed by atoms with Crippen molar-refractivity contribution >= 4 is 23.2 Å². The monoisotopic (exact) mass is 479 g/mol. The van der Waals surface area contributed by atoms with Crippen LogP contribution in [0.15, 0.2) is 41.8 Å². The lowest BCUT2D eigenvalue weighted by molar-refractivity contribution is -0.139. The standard InChI is InChI=1S/C24H28F3N3O2S/c25-24(26,27)20-5-3-18(4-6-20)22(31)29-11-7-19(8-12-29)23(32)30-15-13-28(14-16-30)10-9-21-2-1-17-33-21/h1-6,17,19H,7-16H2. The molecule has 0 atom stereocenters. The van der Waals surface area contributed by atoms with E-state index in [1.54, 1.807) is 16.2 Å². The summed E-state index contributed by atoms with van der Waals surface area (Å²) in [7, 11) is 0. The zero-order valence-corrected chi connectivity index (χ0v) is 19.2. The number of halogens is 3. The fourth-order valence-corrected chi connectivity index (χ4v) is 5.19. The summed E-state index contributed by atoms with van der Waals surface area (Å²) in [4.78, 5) is 33.0. The van der Waals surface area contributed by atoms with Crippen LogP contribution in [0.1, 0.15) is 33.6 Å². The van der Waals surface area contributed by atoms with Crippen LogP contribution in [0.3, 0.4) is 0 Å². The fourth-order valence-electron chi connectivity index (χ4n) is 4.49. The van der Waals surface area contributed by atoms with Crippen LogP contribution in [0.2, 0.25) is 0 Å². The van der Waals surface area contributed by atoms with Gasteiger partial charge in [0.2, 0.25) is 5.91 Å². The van der Waals surface area contributed by atoms with Crippen molar-refractivity contribution in [3.05, 3.63) is 57.8 Å². The fraction of sp³-hybridized carbons (Fsp3) is 0.500. The second kappa shape index (κ2) is 10.3. The van der Waals surface area contributed by atoms with Gasteiger partial charge in [-0.05, 0) is 55.0 Å². The van der Waals surface area contributed by atoms with Crippen LogP contribution in [0.5, 0.6) is 0 Å². The third kappa shape index (κ3) is 5.95. The van der Waals surface area contributed by atoms with E-state index in [2.05, 4.69) is 22.4 Å². The van der Waals surface area contributed by atoms with Gasteiger partial charge in [-0.2, -0.15) is 13.2 Å². The summed E-state index contributed by atoms with van der Waals surface area (Å²) in [6.07, 6.45) is -2.21. The minimum atomic E-state index is -4.42. The number of thiophene rings is 1. The average Bonchev–Trinajstić information content (AvgIpc) is 3.36. The Morgan fingerprint density at radius 3 is 2.15 bits per heavy atom. The third-order valence-corrected chi connectivity index (χ3v) is 7.47. The Morgan fingerprint density at radius 2 is 1.58 bits per heavy atom. The molecule has 2 fully saturated rings. The van der Waals surface area contributed by atoms with Gasteiger partial charge < -0.3 is 9.80 Å². The van der Waals surface area contributed by atoms with E-state index in [0.717, 1.165) is 51.3 Å². The smallest absolute Gasteiger partial charge is 0.340 e. The van der Waals surface area contributed by atoms with E-state index in [-0.39, 0.29) is 23.3 Å². The van der Waals surface area contributed by atoms with Crippen LogP contribution in [0, 0.1) is 5.92 Å². The number of nitrogens with zero attached hydrogens (tertiary/aromatic N) is 3. The van der Waals surface area contributed by atoms with Gasteiger partial charge in [0.15, 0.2) is 0 Å². The number of carbonyl (C=O) groups excluding carboxylic acids is 2. The van der Waals surface area contributed by atoms with Gasteiger partial charge in [0.25, 0.3) is 5.91 Å². The molecule has 2 aromatic rings. The number of carbonyl (C=O) groups is 2. The molecule has 4 rings (SSSR count). The first kappa shape index (κ1) is 23.8. The lowest BCUT2D eigenvalue weighted by Crippen LogP contribution is -2.52. The molecule has 0 aliphatic carbocycles. The third-order valence-electron chi connectivity index (χ3n) is 6.53. The van der Waals surface area contributed by atoms with E-state index in [4.69, 9.17) is 0 Å². The normalized spacial score (nSPS) is 18.5. The Kier molecular flexibility index (Phi) is 7.38. The van der Waals surface area contributed by atoms with E-state index < -0.39 is 11.7 Å². The van der Waals surface area contributed by atoms with Crippen LogP contribution in [0.4, 0.5) is 13.2 Å². The number of alkyl halides is 3. The highest BCUT2D eigenvalue weighted by Gasteiger charge is 2.33. The van der Waals surface area contributed by atoms with Crippen LogP contribution < -0.4 is 0 Å². The van der Waals surface area contributed by atoms with Crippen LogP contribution in [-0.2, 0) is 17.4 Å². The molecule has 5 nitrogen and oxygen atoms in total.